The van der Waals surface area contributed by atoms with Gasteiger partial charge in [-0.15, -0.1) is 0 Å². The van der Waals surface area contributed by atoms with Crippen molar-refractivity contribution in [2.45, 2.75) is 43.6 Å². The quantitative estimate of drug-likeness (QED) is 0.418. The summed E-state index contributed by atoms with van der Waals surface area (Å²) < 4.78 is 24.0. The van der Waals surface area contributed by atoms with Gasteiger partial charge >= 0.3 is 5.76 Å². The summed E-state index contributed by atoms with van der Waals surface area (Å²) in [4.78, 5) is 27.8. The molecule has 11 heteroatoms. The molecule has 2 N–H and O–H groups in total. The highest BCUT2D eigenvalue weighted by molar-refractivity contribution is 5.82. The summed E-state index contributed by atoms with van der Waals surface area (Å²) in [6.45, 7) is 5.75. The second kappa shape index (κ2) is 12.5. The average molecular weight is 562 g/mol. The number of aromatic nitrogens is 1. The molecule has 3 aliphatic rings. The second-order valence-corrected chi connectivity index (χ2v) is 10.8. The predicted molar refractivity (Wildman–Crippen MR) is 150 cm³/mol. The Bertz CT molecular complexity index is 1450. The molecular weight excluding hydrogens is 526 g/mol. The Kier molecular flexibility index (Phi) is 8.46. The Balaban J connectivity index is 1.15. The lowest BCUT2D eigenvalue weighted by atomic mass is 10.0. The molecular formula is C30H35N5O6. The molecule has 216 valence electrons. The van der Waals surface area contributed by atoms with Crippen LogP contribution in [0.25, 0.3) is 22.2 Å². The van der Waals surface area contributed by atoms with E-state index in [2.05, 4.69) is 21.6 Å². The van der Waals surface area contributed by atoms with E-state index in [1.807, 2.05) is 42.5 Å². The van der Waals surface area contributed by atoms with Crippen LogP contribution in [0, 0.1) is 11.3 Å². The van der Waals surface area contributed by atoms with Crippen molar-refractivity contribution < 1.29 is 23.4 Å². The van der Waals surface area contributed by atoms with E-state index >= 15 is 0 Å². The van der Waals surface area contributed by atoms with Crippen LogP contribution in [0.15, 0.2) is 51.7 Å². The van der Waals surface area contributed by atoms with Crippen LogP contribution in [0.2, 0.25) is 0 Å². The number of nitriles is 1. The van der Waals surface area contributed by atoms with E-state index in [-0.39, 0.29) is 17.7 Å². The van der Waals surface area contributed by atoms with Crippen LogP contribution in [0.4, 0.5) is 0 Å². The van der Waals surface area contributed by atoms with Crippen LogP contribution in [0.1, 0.15) is 12.0 Å². The Labute approximate surface area is 237 Å². The van der Waals surface area contributed by atoms with Crippen molar-refractivity contribution in [1.82, 2.24) is 20.1 Å². The summed E-state index contributed by atoms with van der Waals surface area (Å²) in [6, 6.07) is 15.6. The van der Waals surface area contributed by atoms with E-state index in [0.717, 1.165) is 41.7 Å². The highest BCUT2D eigenvalue weighted by Gasteiger charge is 2.34. The molecule has 0 radical (unpaired) electrons. The molecule has 11 nitrogen and oxygen atoms in total. The fraction of sp³-hybridized carbons (Fsp3) is 0.500. The highest BCUT2D eigenvalue weighted by Crippen LogP contribution is 2.26. The molecule has 1 aromatic heterocycles. The fourth-order valence-corrected chi connectivity index (χ4v) is 5.69. The van der Waals surface area contributed by atoms with Crippen molar-refractivity contribution in [3.05, 3.63) is 58.6 Å². The van der Waals surface area contributed by atoms with Gasteiger partial charge in [0.1, 0.15) is 12.1 Å². The van der Waals surface area contributed by atoms with E-state index < -0.39 is 12.1 Å². The molecule has 3 fully saturated rings. The number of hydrogen-bond donors (Lipinski definition) is 2. The summed E-state index contributed by atoms with van der Waals surface area (Å²) in [5.74, 6) is -0.650. The van der Waals surface area contributed by atoms with E-state index in [9.17, 15) is 14.9 Å². The average Bonchev–Trinajstić information content (AvgIpc) is 3.11. The molecule has 0 aliphatic carbocycles. The van der Waals surface area contributed by atoms with Crippen molar-refractivity contribution in [2.75, 3.05) is 52.7 Å². The molecule has 3 aliphatic heterocycles. The maximum atomic E-state index is 12.8. The number of carbonyl (C=O) groups excluding carboxylic acids is 1. The monoisotopic (exact) mass is 561 g/mol. The largest absolute Gasteiger partial charge is 0.420 e. The topological polar surface area (TPSA) is 131 Å². The van der Waals surface area contributed by atoms with Gasteiger partial charge < -0.3 is 29.3 Å². The Hall–Kier alpha value is -3.53. The van der Waals surface area contributed by atoms with Crippen molar-refractivity contribution in [2.24, 2.45) is 0 Å². The molecule has 3 saturated heterocycles. The number of hydrogen-bond acceptors (Lipinski definition) is 9. The van der Waals surface area contributed by atoms with Crippen LogP contribution in [-0.2, 0) is 32.0 Å². The third-order valence-electron chi connectivity index (χ3n) is 8.06. The van der Waals surface area contributed by atoms with Gasteiger partial charge in [0, 0.05) is 32.7 Å². The summed E-state index contributed by atoms with van der Waals surface area (Å²) in [5.41, 5.74) is 4.14. The lowest BCUT2D eigenvalue weighted by Gasteiger charge is -2.44. The standard InChI is InChI=1S/C30H35N5O6/c31-14-23(33-29(36)28-15-32-8-1-10-40-28)12-20-2-4-21(5-3-20)22-6-7-27-26(13-22)35(30(37)41-27)16-24-17-38-11-9-34(24)25-18-39-19-25/h2-7,13,23-25,28,32H,1,8-12,15-19H2,(H,33,36)/t23-,24-,28-/m0/s1. The SMILES string of the molecule is N#C[C@H](Cc1ccc(-c2ccc3oc(=O)n(C[C@H]4COCCN4C4COC4)c3c2)cc1)NC(=O)[C@@H]1CNCCCO1. The van der Waals surface area contributed by atoms with Crippen LogP contribution in [0.3, 0.4) is 0 Å². The molecule has 0 spiro atoms. The zero-order valence-electron chi connectivity index (χ0n) is 22.9. The number of ether oxygens (including phenoxy) is 3. The summed E-state index contributed by atoms with van der Waals surface area (Å²) >= 11 is 0. The van der Waals surface area contributed by atoms with Crippen LogP contribution < -0.4 is 16.4 Å². The molecule has 0 unspecified atom stereocenters. The minimum absolute atomic E-state index is 0.0676. The Morgan fingerprint density at radius 2 is 1.93 bits per heavy atom. The second-order valence-electron chi connectivity index (χ2n) is 10.8. The molecule has 4 heterocycles. The molecule has 41 heavy (non-hydrogen) atoms. The van der Waals surface area contributed by atoms with Gasteiger partial charge in [-0.1, -0.05) is 30.3 Å². The normalized spacial score (nSPS) is 22.9. The molecule has 2 aromatic carbocycles. The van der Waals surface area contributed by atoms with Crippen LogP contribution >= 0.6 is 0 Å². The number of amides is 1. The first-order valence-corrected chi connectivity index (χ1v) is 14.3. The third-order valence-corrected chi connectivity index (χ3v) is 8.06. The first kappa shape index (κ1) is 27.6. The zero-order chi connectivity index (χ0) is 28.2. The van der Waals surface area contributed by atoms with Gasteiger partial charge in [0.2, 0.25) is 0 Å². The van der Waals surface area contributed by atoms with Gasteiger partial charge in [-0.25, -0.2) is 4.79 Å². The number of nitrogens with one attached hydrogen (secondary N) is 2. The van der Waals surface area contributed by atoms with Crippen molar-refractivity contribution in [3.63, 3.8) is 0 Å². The Morgan fingerprint density at radius 3 is 2.71 bits per heavy atom. The van der Waals surface area contributed by atoms with Crippen LogP contribution in [-0.4, -0.2) is 92.3 Å². The number of nitrogens with zero attached hydrogens (tertiary/aromatic N) is 3. The van der Waals surface area contributed by atoms with E-state index in [0.29, 0.717) is 64.2 Å². The first-order valence-electron chi connectivity index (χ1n) is 14.3. The van der Waals surface area contributed by atoms with Gasteiger partial charge in [0.05, 0.1) is 50.1 Å². The minimum Gasteiger partial charge on any atom is -0.408 e. The maximum Gasteiger partial charge on any atom is 0.420 e. The summed E-state index contributed by atoms with van der Waals surface area (Å²) in [6.07, 6.45) is 0.648. The zero-order valence-corrected chi connectivity index (χ0v) is 22.9. The summed E-state index contributed by atoms with van der Waals surface area (Å²) in [7, 11) is 0. The van der Waals surface area contributed by atoms with E-state index in [4.69, 9.17) is 18.6 Å². The van der Waals surface area contributed by atoms with Crippen molar-refractivity contribution in [3.8, 4) is 17.2 Å². The summed E-state index contributed by atoms with van der Waals surface area (Å²) in [5, 5.41) is 15.7. The highest BCUT2D eigenvalue weighted by atomic mass is 16.5. The lowest BCUT2D eigenvalue weighted by Crippen LogP contribution is -2.59. The van der Waals surface area contributed by atoms with Crippen molar-refractivity contribution in [1.29, 1.82) is 5.26 Å². The van der Waals surface area contributed by atoms with Gasteiger partial charge in [-0.3, -0.25) is 14.3 Å². The number of oxazole rings is 1. The van der Waals surface area contributed by atoms with Gasteiger partial charge in [-0.05, 0) is 41.8 Å². The number of fused-ring (bicyclic) bond motifs is 1. The van der Waals surface area contributed by atoms with Gasteiger partial charge in [-0.2, -0.15) is 5.26 Å². The molecule has 0 saturated carbocycles. The molecule has 0 bridgehead atoms. The minimum atomic E-state index is -0.660. The molecule has 6 rings (SSSR count). The van der Waals surface area contributed by atoms with Gasteiger partial charge in [0.25, 0.3) is 5.91 Å². The lowest BCUT2D eigenvalue weighted by molar-refractivity contribution is -0.132. The maximum absolute atomic E-state index is 12.8. The number of benzene rings is 2. The number of carbonyl (C=O) groups is 1. The number of morpholine rings is 1. The van der Waals surface area contributed by atoms with E-state index in [1.165, 1.54) is 0 Å². The molecule has 3 atom stereocenters. The first-order chi connectivity index (χ1) is 20.1. The van der Waals surface area contributed by atoms with Crippen LogP contribution in [0.5, 0.6) is 0 Å². The number of rotatable bonds is 8. The van der Waals surface area contributed by atoms with Gasteiger partial charge in [0.15, 0.2) is 5.58 Å². The third kappa shape index (κ3) is 6.22. The smallest absolute Gasteiger partial charge is 0.408 e. The van der Waals surface area contributed by atoms with Crippen molar-refractivity contribution >= 4 is 17.0 Å². The molecule has 1 amide bonds. The fourth-order valence-electron chi connectivity index (χ4n) is 5.69. The molecule has 3 aromatic rings. The Morgan fingerprint density at radius 1 is 1.10 bits per heavy atom. The predicted octanol–water partition coefficient (Wildman–Crippen LogP) is 1.29. The van der Waals surface area contributed by atoms with E-state index in [1.54, 1.807) is 4.57 Å².